The number of likely N-dealkylation sites (tertiary alicyclic amines) is 1. The fraction of sp³-hybridized carbons (Fsp3) is 0.423. The number of halogens is 2. The predicted octanol–water partition coefficient (Wildman–Crippen LogP) is 4.43. The molecule has 5 rings (SSSR count). The molecule has 2 aliphatic rings. The number of nitrogens with one attached hydrogen (secondary N) is 2. The lowest BCUT2D eigenvalue weighted by atomic mass is 10.0. The van der Waals surface area contributed by atoms with Gasteiger partial charge in [0.25, 0.3) is 0 Å². The van der Waals surface area contributed by atoms with Crippen LogP contribution in [0, 0.1) is 5.82 Å². The lowest BCUT2D eigenvalue weighted by Crippen LogP contribution is -2.42. The Morgan fingerprint density at radius 1 is 1.25 bits per heavy atom. The molecule has 2 N–H and O–H groups in total. The number of carbonyl (C=O) groups excluding carboxylic acids is 1. The van der Waals surface area contributed by atoms with Crippen LogP contribution in [0.4, 0.5) is 10.1 Å². The van der Waals surface area contributed by atoms with Crippen LogP contribution in [-0.4, -0.2) is 59.3 Å². The van der Waals surface area contributed by atoms with Gasteiger partial charge in [0.2, 0.25) is 11.8 Å². The number of aromatic nitrogens is 2. The number of methoxy groups -OCH3 is 1. The summed E-state index contributed by atoms with van der Waals surface area (Å²) in [4.78, 5) is 24.0. The van der Waals surface area contributed by atoms with E-state index in [-0.39, 0.29) is 24.1 Å². The Morgan fingerprint density at radius 2 is 2.08 bits per heavy atom. The maximum atomic E-state index is 14.6. The van der Waals surface area contributed by atoms with Crippen LogP contribution in [0.15, 0.2) is 41.4 Å². The van der Waals surface area contributed by atoms with Crippen LogP contribution in [0.2, 0.25) is 0 Å². The molecule has 2 aromatic heterocycles. The molecule has 1 saturated heterocycles. The van der Waals surface area contributed by atoms with E-state index in [0.717, 1.165) is 55.4 Å². The number of rotatable bonds is 7. The number of hydrogen-bond donors (Lipinski definition) is 2. The van der Waals surface area contributed by atoms with Gasteiger partial charge in [0.1, 0.15) is 5.82 Å². The molecule has 2 aliphatic heterocycles. The van der Waals surface area contributed by atoms with Gasteiger partial charge >= 0.3 is 0 Å². The molecule has 4 heterocycles. The quantitative estimate of drug-likeness (QED) is 0.467. The van der Waals surface area contributed by atoms with Gasteiger partial charge in [-0.05, 0) is 56.1 Å². The van der Waals surface area contributed by atoms with E-state index in [1.807, 2.05) is 6.07 Å². The van der Waals surface area contributed by atoms with Crippen LogP contribution in [0.25, 0.3) is 11.0 Å². The molecule has 192 valence electrons. The van der Waals surface area contributed by atoms with E-state index in [0.29, 0.717) is 41.4 Å². The standard InChI is InChI=1S/C26H30FN5O2S.ClH/c1-34-25-5-3-21-26(31-25)19(20(27)16-29-21)8-12-32-10-6-18(7-11-32)28-15-17-2-4-23-22(14-17)30-24(33)9-13-35-23;/h2-5,14,16,18,28H,6-13,15H2,1H3,(H,30,33);1H. The van der Waals surface area contributed by atoms with E-state index < -0.39 is 0 Å². The van der Waals surface area contributed by atoms with E-state index in [4.69, 9.17) is 4.74 Å². The van der Waals surface area contributed by atoms with Gasteiger partial charge in [0, 0.05) is 47.8 Å². The number of fused-ring (bicyclic) bond motifs is 2. The Kier molecular flexibility index (Phi) is 9.00. The number of nitrogens with zero attached hydrogens (tertiary/aromatic N) is 3. The fourth-order valence-electron chi connectivity index (χ4n) is 4.70. The van der Waals surface area contributed by atoms with Crippen LogP contribution in [0.1, 0.15) is 30.4 Å². The Morgan fingerprint density at radius 3 is 2.89 bits per heavy atom. The number of amides is 1. The molecule has 0 unspecified atom stereocenters. The molecular weight excluding hydrogens is 501 g/mol. The molecular formula is C26H31ClFN5O2S. The summed E-state index contributed by atoms with van der Waals surface area (Å²) in [6, 6.07) is 10.3. The Labute approximate surface area is 221 Å². The van der Waals surface area contributed by atoms with Gasteiger partial charge in [-0.25, -0.2) is 9.37 Å². The van der Waals surface area contributed by atoms with Crippen molar-refractivity contribution in [2.24, 2.45) is 0 Å². The minimum Gasteiger partial charge on any atom is -0.481 e. The van der Waals surface area contributed by atoms with Crippen molar-refractivity contribution >= 4 is 46.8 Å². The van der Waals surface area contributed by atoms with Crippen LogP contribution in [0.5, 0.6) is 5.88 Å². The number of ether oxygens (including phenoxy) is 1. The second-order valence-corrected chi connectivity index (χ2v) is 10.2. The smallest absolute Gasteiger partial charge is 0.225 e. The highest BCUT2D eigenvalue weighted by Gasteiger charge is 2.20. The highest BCUT2D eigenvalue weighted by Crippen LogP contribution is 2.31. The number of pyridine rings is 2. The minimum atomic E-state index is -0.315. The Hall–Kier alpha value is -2.46. The molecule has 0 aliphatic carbocycles. The van der Waals surface area contributed by atoms with Crippen LogP contribution in [-0.2, 0) is 17.8 Å². The average Bonchev–Trinajstić information content (AvgIpc) is 3.07. The predicted molar refractivity (Wildman–Crippen MR) is 144 cm³/mol. The first-order valence-corrected chi connectivity index (χ1v) is 13.1. The Balaban J connectivity index is 0.00000304. The van der Waals surface area contributed by atoms with E-state index in [1.54, 1.807) is 24.9 Å². The van der Waals surface area contributed by atoms with Gasteiger partial charge in [-0.2, -0.15) is 0 Å². The largest absolute Gasteiger partial charge is 0.481 e. The van der Waals surface area contributed by atoms with Crippen molar-refractivity contribution in [3.63, 3.8) is 0 Å². The van der Waals surface area contributed by atoms with Gasteiger partial charge in [0.05, 0.1) is 30.0 Å². The van der Waals surface area contributed by atoms with Crippen molar-refractivity contribution in [2.45, 2.75) is 43.2 Å². The highest BCUT2D eigenvalue weighted by atomic mass is 35.5. The zero-order chi connectivity index (χ0) is 24.2. The molecule has 7 nitrogen and oxygen atoms in total. The summed E-state index contributed by atoms with van der Waals surface area (Å²) in [5, 5.41) is 6.69. The molecule has 3 aromatic rings. The van der Waals surface area contributed by atoms with Crippen molar-refractivity contribution in [2.75, 3.05) is 37.8 Å². The van der Waals surface area contributed by atoms with Gasteiger partial charge in [-0.15, -0.1) is 24.2 Å². The van der Waals surface area contributed by atoms with E-state index in [9.17, 15) is 9.18 Å². The molecule has 1 aromatic carbocycles. The molecule has 0 spiro atoms. The van der Waals surface area contributed by atoms with Crippen LogP contribution in [0.3, 0.4) is 0 Å². The van der Waals surface area contributed by atoms with Gasteiger partial charge in [-0.3, -0.25) is 9.78 Å². The third kappa shape index (κ3) is 6.26. The topological polar surface area (TPSA) is 79.4 Å². The monoisotopic (exact) mass is 531 g/mol. The first kappa shape index (κ1) is 26.6. The SMILES string of the molecule is COc1ccc2ncc(F)c(CCN3CCC(NCc4ccc5c(c4)NC(=O)CCS5)CC3)c2n1.Cl. The normalized spacial score (nSPS) is 16.7. The fourth-order valence-corrected chi connectivity index (χ4v) is 5.64. The molecule has 10 heteroatoms. The second kappa shape index (κ2) is 12.2. The molecule has 0 radical (unpaired) electrons. The number of benzene rings is 1. The van der Waals surface area contributed by atoms with Crippen LogP contribution < -0.4 is 15.4 Å². The summed E-state index contributed by atoms with van der Waals surface area (Å²) < 4.78 is 19.8. The zero-order valence-electron chi connectivity index (χ0n) is 20.3. The first-order chi connectivity index (χ1) is 17.1. The van der Waals surface area contributed by atoms with Gasteiger partial charge in [0.15, 0.2) is 0 Å². The number of carbonyl (C=O) groups is 1. The number of hydrogen-bond acceptors (Lipinski definition) is 7. The van der Waals surface area contributed by atoms with Crippen molar-refractivity contribution in [3.8, 4) is 5.88 Å². The average molecular weight is 532 g/mol. The van der Waals surface area contributed by atoms with Crippen molar-refractivity contribution in [3.05, 3.63) is 53.5 Å². The lowest BCUT2D eigenvalue weighted by molar-refractivity contribution is -0.115. The number of piperidine rings is 1. The minimum absolute atomic E-state index is 0. The van der Waals surface area contributed by atoms with E-state index >= 15 is 0 Å². The van der Waals surface area contributed by atoms with Crippen LogP contribution >= 0.6 is 24.2 Å². The Bertz CT molecular complexity index is 1220. The van der Waals surface area contributed by atoms with Gasteiger partial charge in [-0.1, -0.05) is 6.07 Å². The van der Waals surface area contributed by atoms with E-state index in [2.05, 4.69) is 43.7 Å². The summed E-state index contributed by atoms with van der Waals surface area (Å²) in [7, 11) is 1.56. The molecule has 0 bridgehead atoms. The summed E-state index contributed by atoms with van der Waals surface area (Å²) in [5.41, 5.74) is 3.96. The molecule has 1 amide bonds. The number of anilines is 1. The lowest BCUT2D eigenvalue weighted by Gasteiger charge is -2.32. The molecule has 0 atom stereocenters. The summed E-state index contributed by atoms with van der Waals surface area (Å²) in [5.74, 6) is 1.06. The van der Waals surface area contributed by atoms with Crippen molar-refractivity contribution in [1.82, 2.24) is 20.2 Å². The number of thioether (sulfide) groups is 1. The maximum Gasteiger partial charge on any atom is 0.225 e. The van der Waals surface area contributed by atoms with E-state index in [1.165, 1.54) is 11.8 Å². The third-order valence-electron chi connectivity index (χ3n) is 6.71. The third-order valence-corrected chi connectivity index (χ3v) is 7.79. The highest BCUT2D eigenvalue weighted by molar-refractivity contribution is 7.99. The second-order valence-electron chi connectivity index (χ2n) is 9.03. The first-order valence-electron chi connectivity index (χ1n) is 12.1. The maximum absolute atomic E-state index is 14.6. The molecule has 1 fully saturated rings. The summed E-state index contributed by atoms with van der Waals surface area (Å²) >= 11 is 1.73. The summed E-state index contributed by atoms with van der Waals surface area (Å²) in [6.07, 6.45) is 4.52. The van der Waals surface area contributed by atoms with Crippen molar-refractivity contribution in [1.29, 1.82) is 0 Å². The molecule has 0 saturated carbocycles. The summed E-state index contributed by atoms with van der Waals surface area (Å²) in [6.45, 7) is 3.50. The zero-order valence-corrected chi connectivity index (χ0v) is 21.9. The van der Waals surface area contributed by atoms with Crippen molar-refractivity contribution < 1.29 is 13.9 Å². The van der Waals surface area contributed by atoms with Gasteiger partial charge < -0.3 is 20.3 Å². The molecule has 36 heavy (non-hydrogen) atoms.